The van der Waals surface area contributed by atoms with Crippen molar-refractivity contribution in [1.29, 1.82) is 0 Å². The molecule has 0 N–H and O–H groups in total. The zero-order chi connectivity index (χ0) is 7.52. The highest BCUT2D eigenvalue weighted by atomic mass is 14.8. The summed E-state index contributed by atoms with van der Waals surface area (Å²) in [4.78, 5) is 8.00. The second kappa shape index (κ2) is 2.66. The first-order valence-corrected chi connectivity index (χ1v) is 3.58. The highest BCUT2D eigenvalue weighted by Crippen LogP contribution is 2.19. The molecular formula is C9H8N2. The predicted octanol–water partition coefficient (Wildman–Crippen LogP) is 1.69. The summed E-state index contributed by atoms with van der Waals surface area (Å²) in [6.45, 7) is 0. The zero-order valence-electron chi connectivity index (χ0n) is 6.01. The van der Waals surface area contributed by atoms with E-state index in [2.05, 4.69) is 22.1 Å². The van der Waals surface area contributed by atoms with Crippen LogP contribution in [0.5, 0.6) is 0 Å². The van der Waals surface area contributed by atoms with Gasteiger partial charge in [-0.25, -0.2) is 9.97 Å². The van der Waals surface area contributed by atoms with E-state index in [4.69, 9.17) is 0 Å². The van der Waals surface area contributed by atoms with Crippen LogP contribution in [0, 0.1) is 0 Å². The Balaban J connectivity index is 2.30. The molecule has 1 heterocycles. The fraction of sp³-hybridized carbons (Fsp3) is 0.111. The summed E-state index contributed by atoms with van der Waals surface area (Å²) < 4.78 is 0. The molecular weight excluding hydrogens is 136 g/mol. The molecule has 2 heteroatoms. The van der Waals surface area contributed by atoms with E-state index in [-0.39, 0.29) is 0 Å². The van der Waals surface area contributed by atoms with E-state index in [9.17, 15) is 0 Å². The maximum absolute atomic E-state index is 4.15. The summed E-state index contributed by atoms with van der Waals surface area (Å²) in [6, 6.07) is 1.94. The molecule has 0 aliphatic heterocycles. The molecule has 0 fully saturated rings. The normalized spacial score (nSPS) is 16.0. The Morgan fingerprint density at radius 1 is 1.18 bits per heavy atom. The average Bonchev–Trinajstić information content (AvgIpc) is 2.58. The van der Waals surface area contributed by atoms with Gasteiger partial charge in [-0.05, 0) is 6.07 Å². The average molecular weight is 144 g/mol. The third-order valence-electron chi connectivity index (χ3n) is 1.69. The summed E-state index contributed by atoms with van der Waals surface area (Å²) in [6.07, 6.45) is 11.6. The molecule has 1 aromatic rings. The first-order valence-electron chi connectivity index (χ1n) is 3.58. The van der Waals surface area contributed by atoms with Crippen molar-refractivity contribution < 1.29 is 0 Å². The van der Waals surface area contributed by atoms with Gasteiger partial charge in [-0.2, -0.15) is 0 Å². The fourth-order valence-corrected chi connectivity index (χ4v) is 1.13. The molecule has 11 heavy (non-hydrogen) atoms. The number of rotatable bonds is 1. The third kappa shape index (κ3) is 1.19. The van der Waals surface area contributed by atoms with Crippen LogP contribution in [0.25, 0.3) is 0 Å². The first kappa shape index (κ1) is 6.28. The SMILES string of the molecule is C1=CC(c2ccncn2)C=C1. The van der Waals surface area contributed by atoms with Crippen molar-refractivity contribution in [3.8, 4) is 0 Å². The minimum atomic E-state index is 0.359. The van der Waals surface area contributed by atoms with Gasteiger partial charge in [0, 0.05) is 12.1 Å². The molecule has 1 aliphatic carbocycles. The van der Waals surface area contributed by atoms with Gasteiger partial charge < -0.3 is 0 Å². The van der Waals surface area contributed by atoms with E-state index < -0.39 is 0 Å². The maximum Gasteiger partial charge on any atom is 0.115 e. The number of hydrogen-bond donors (Lipinski definition) is 0. The highest BCUT2D eigenvalue weighted by Gasteiger charge is 2.06. The van der Waals surface area contributed by atoms with Gasteiger partial charge in [0.2, 0.25) is 0 Å². The molecule has 2 rings (SSSR count). The van der Waals surface area contributed by atoms with Crippen LogP contribution in [0.4, 0.5) is 0 Å². The van der Waals surface area contributed by atoms with Crippen LogP contribution in [0.2, 0.25) is 0 Å². The number of allylic oxidation sites excluding steroid dienone is 4. The predicted molar refractivity (Wildman–Crippen MR) is 43.1 cm³/mol. The summed E-state index contributed by atoms with van der Waals surface area (Å²) in [5, 5.41) is 0. The van der Waals surface area contributed by atoms with Gasteiger partial charge in [0.1, 0.15) is 6.33 Å². The van der Waals surface area contributed by atoms with Crippen LogP contribution in [0.1, 0.15) is 11.6 Å². The molecule has 0 aromatic carbocycles. The van der Waals surface area contributed by atoms with Gasteiger partial charge in [0.25, 0.3) is 0 Å². The molecule has 0 saturated heterocycles. The molecule has 0 bridgehead atoms. The van der Waals surface area contributed by atoms with E-state index in [0.29, 0.717) is 5.92 Å². The molecule has 0 saturated carbocycles. The topological polar surface area (TPSA) is 25.8 Å². The number of hydrogen-bond acceptors (Lipinski definition) is 2. The van der Waals surface area contributed by atoms with Crippen LogP contribution >= 0.6 is 0 Å². The van der Waals surface area contributed by atoms with Gasteiger partial charge in [-0.3, -0.25) is 0 Å². The van der Waals surface area contributed by atoms with Crippen LogP contribution in [0.3, 0.4) is 0 Å². The monoisotopic (exact) mass is 144 g/mol. The van der Waals surface area contributed by atoms with Gasteiger partial charge >= 0.3 is 0 Å². The van der Waals surface area contributed by atoms with Crippen LogP contribution in [-0.4, -0.2) is 9.97 Å². The van der Waals surface area contributed by atoms with Gasteiger partial charge in [-0.15, -0.1) is 0 Å². The van der Waals surface area contributed by atoms with Crippen LogP contribution < -0.4 is 0 Å². The Bertz CT molecular complexity index is 276. The smallest absolute Gasteiger partial charge is 0.115 e. The Morgan fingerprint density at radius 3 is 2.64 bits per heavy atom. The minimum Gasteiger partial charge on any atom is -0.245 e. The highest BCUT2D eigenvalue weighted by molar-refractivity contribution is 5.29. The third-order valence-corrected chi connectivity index (χ3v) is 1.69. The summed E-state index contributed by atoms with van der Waals surface area (Å²) in [5.41, 5.74) is 1.06. The van der Waals surface area contributed by atoms with Crippen molar-refractivity contribution in [2.24, 2.45) is 0 Å². The first-order chi connectivity index (χ1) is 5.47. The van der Waals surface area contributed by atoms with Crippen molar-refractivity contribution in [3.05, 3.63) is 48.6 Å². The maximum atomic E-state index is 4.15. The van der Waals surface area contributed by atoms with Crippen LogP contribution in [0.15, 0.2) is 42.9 Å². The fourth-order valence-electron chi connectivity index (χ4n) is 1.13. The molecule has 0 atom stereocenters. The Morgan fingerprint density at radius 2 is 2.00 bits per heavy atom. The Hall–Kier alpha value is -1.44. The molecule has 1 aliphatic rings. The molecule has 1 aromatic heterocycles. The Labute approximate surface area is 65.3 Å². The molecule has 2 nitrogen and oxygen atoms in total. The lowest BCUT2D eigenvalue weighted by atomic mass is 10.1. The number of nitrogens with zero attached hydrogens (tertiary/aromatic N) is 2. The van der Waals surface area contributed by atoms with Crippen molar-refractivity contribution in [2.45, 2.75) is 5.92 Å². The van der Waals surface area contributed by atoms with E-state index in [1.54, 1.807) is 12.5 Å². The van der Waals surface area contributed by atoms with Gasteiger partial charge in [-0.1, -0.05) is 24.3 Å². The number of aromatic nitrogens is 2. The van der Waals surface area contributed by atoms with E-state index in [0.717, 1.165) is 5.69 Å². The standard InChI is InChI=1S/C9H8N2/c1-2-4-8(3-1)9-5-6-10-7-11-9/h1-8H. The lowest BCUT2D eigenvalue weighted by Crippen LogP contribution is -1.92. The van der Waals surface area contributed by atoms with E-state index in [1.807, 2.05) is 18.2 Å². The molecule has 54 valence electrons. The van der Waals surface area contributed by atoms with Crippen molar-refractivity contribution >= 4 is 0 Å². The second-order valence-corrected chi connectivity index (χ2v) is 2.43. The summed E-state index contributed by atoms with van der Waals surface area (Å²) in [7, 11) is 0. The van der Waals surface area contributed by atoms with Gasteiger partial charge in [0.05, 0.1) is 5.69 Å². The quantitative estimate of drug-likeness (QED) is 0.599. The second-order valence-electron chi connectivity index (χ2n) is 2.43. The molecule has 0 spiro atoms. The molecule has 0 amide bonds. The van der Waals surface area contributed by atoms with E-state index in [1.165, 1.54) is 0 Å². The van der Waals surface area contributed by atoms with Crippen LogP contribution in [-0.2, 0) is 0 Å². The summed E-state index contributed by atoms with van der Waals surface area (Å²) >= 11 is 0. The van der Waals surface area contributed by atoms with Gasteiger partial charge in [0.15, 0.2) is 0 Å². The Kier molecular flexibility index (Phi) is 1.52. The zero-order valence-corrected chi connectivity index (χ0v) is 6.01. The lowest BCUT2D eigenvalue weighted by Gasteiger charge is -2.01. The lowest BCUT2D eigenvalue weighted by molar-refractivity contribution is 0.974. The van der Waals surface area contributed by atoms with Crippen molar-refractivity contribution in [1.82, 2.24) is 9.97 Å². The molecule has 0 radical (unpaired) electrons. The van der Waals surface area contributed by atoms with Crippen molar-refractivity contribution in [3.63, 3.8) is 0 Å². The van der Waals surface area contributed by atoms with E-state index >= 15 is 0 Å². The summed E-state index contributed by atoms with van der Waals surface area (Å²) in [5.74, 6) is 0.359. The largest absolute Gasteiger partial charge is 0.245 e. The molecule has 0 unspecified atom stereocenters. The van der Waals surface area contributed by atoms with Crippen molar-refractivity contribution in [2.75, 3.05) is 0 Å². The minimum absolute atomic E-state index is 0.359.